The highest BCUT2D eigenvalue weighted by molar-refractivity contribution is 5.76. The molecule has 1 saturated heterocycles. The molecule has 1 aliphatic carbocycles. The summed E-state index contributed by atoms with van der Waals surface area (Å²) in [5, 5.41) is 4.36. The number of aryl methyl sites for hydroxylation is 1. The molecule has 1 N–H and O–H groups in total. The van der Waals surface area contributed by atoms with Crippen LogP contribution < -0.4 is 10.9 Å². The average Bonchev–Trinajstić information content (AvgIpc) is 3.39. The molecule has 1 aliphatic heterocycles. The molecule has 2 fully saturated rings. The van der Waals surface area contributed by atoms with Crippen LogP contribution in [0.5, 0.6) is 0 Å². The highest BCUT2D eigenvalue weighted by atomic mass is 16.1. The molecule has 2 aromatic heterocycles. The zero-order chi connectivity index (χ0) is 24.2. The number of nitrogens with zero attached hydrogens (tertiary/aromatic N) is 5. The van der Waals surface area contributed by atoms with Crippen LogP contribution in [0.3, 0.4) is 0 Å². The third-order valence-electron chi connectivity index (χ3n) is 7.71. The fourth-order valence-corrected chi connectivity index (χ4v) is 5.48. The number of likely N-dealkylation sites (N-methyl/N-ethyl adjacent to an activating group) is 1. The summed E-state index contributed by atoms with van der Waals surface area (Å²) in [6, 6.07) is 10.5. The minimum Gasteiger partial charge on any atom is -0.354 e. The molecule has 1 aromatic carbocycles. The number of rotatable bonds is 8. The van der Waals surface area contributed by atoms with Gasteiger partial charge in [0.15, 0.2) is 0 Å². The Bertz CT molecular complexity index is 1210. The summed E-state index contributed by atoms with van der Waals surface area (Å²) in [4.78, 5) is 28.1. The molecule has 7 nitrogen and oxygen atoms in total. The first kappa shape index (κ1) is 23.9. The predicted molar refractivity (Wildman–Crippen MR) is 142 cm³/mol. The molecule has 186 valence electrons. The van der Waals surface area contributed by atoms with Crippen molar-refractivity contribution in [3.8, 4) is 0 Å². The van der Waals surface area contributed by atoms with Gasteiger partial charge in [0, 0.05) is 62.3 Å². The summed E-state index contributed by atoms with van der Waals surface area (Å²) in [5.74, 6) is 0.619. The van der Waals surface area contributed by atoms with E-state index in [0.29, 0.717) is 12.4 Å². The van der Waals surface area contributed by atoms with Crippen LogP contribution >= 0.6 is 0 Å². The Balaban J connectivity index is 1.36. The predicted octanol–water partition coefficient (Wildman–Crippen LogP) is 3.86. The lowest BCUT2D eigenvalue weighted by molar-refractivity contribution is 0.154. The van der Waals surface area contributed by atoms with E-state index in [-0.39, 0.29) is 11.6 Å². The average molecular weight is 475 g/mol. The van der Waals surface area contributed by atoms with Crippen molar-refractivity contribution in [2.75, 3.05) is 51.6 Å². The lowest BCUT2D eigenvalue weighted by Crippen LogP contribution is -2.44. The van der Waals surface area contributed by atoms with E-state index in [9.17, 15) is 4.79 Å². The lowest BCUT2D eigenvalue weighted by atomic mass is 10.0. The number of hydrogen-bond donors (Lipinski definition) is 1. The van der Waals surface area contributed by atoms with Crippen molar-refractivity contribution < 1.29 is 0 Å². The van der Waals surface area contributed by atoms with Crippen molar-refractivity contribution >= 4 is 17.0 Å². The van der Waals surface area contributed by atoms with Crippen molar-refractivity contribution in [1.29, 1.82) is 0 Å². The molecule has 35 heavy (non-hydrogen) atoms. The van der Waals surface area contributed by atoms with E-state index in [2.05, 4.69) is 46.2 Å². The standard InChI is InChI=1S/C28H38N6O/c1-21-8-3-4-9-22(21)18-23-19-24-20-30-28(29-12-7-13-33-16-14-32(2)15-17-33)31-26(24)34(27(23)35)25-10-5-6-11-25/h3-4,8-9,19-20,25H,5-7,10-18H2,1-2H3,(H,29,30,31). The van der Waals surface area contributed by atoms with Gasteiger partial charge < -0.3 is 15.1 Å². The molecule has 0 unspecified atom stereocenters. The molecule has 3 aromatic rings. The van der Waals surface area contributed by atoms with E-state index in [1.54, 1.807) is 0 Å². The maximum absolute atomic E-state index is 13.7. The summed E-state index contributed by atoms with van der Waals surface area (Å²) in [7, 11) is 2.19. The fraction of sp³-hybridized carbons (Fsp3) is 0.536. The van der Waals surface area contributed by atoms with Crippen molar-refractivity contribution in [3.63, 3.8) is 0 Å². The first-order valence-electron chi connectivity index (χ1n) is 13.2. The van der Waals surface area contributed by atoms with Gasteiger partial charge in [-0.1, -0.05) is 37.1 Å². The number of aromatic nitrogens is 3. The smallest absolute Gasteiger partial charge is 0.256 e. The topological polar surface area (TPSA) is 66.3 Å². The summed E-state index contributed by atoms with van der Waals surface area (Å²) in [6.45, 7) is 8.59. The van der Waals surface area contributed by atoms with Gasteiger partial charge in [-0.3, -0.25) is 9.36 Å². The number of nitrogens with one attached hydrogen (secondary N) is 1. The minimum atomic E-state index is 0.104. The van der Waals surface area contributed by atoms with Crippen LogP contribution in [0.4, 0.5) is 5.95 Å². The maximum atomic E-state index is 13.7. The van der Waals surface area contributed by atoms with E-state index in [0.717, 1.165) is 75.1 Å². The van der Waals surface area contributed by atoms with Crippen molar-refractivity contribution in [2.24, 2.45) is 0 Å². The van der Waals surface area contributed by atoms with Gasteiger partial charge in [0.2, 0.25) is 5.95 Å². The molecular weight excluding hydrogens is 436 g/mol. The van der Waals surface area contributed by atoms with E-state index >= 15 is 0 Å². The third-order valence-corrected chi connectivity index (χ3v) is 7.71. The lowest BCUT2D eigenvalue weighted by Gasteiger charge is -2.32. The van der Waals surface area contributed by atoms with E-state index in [4.69, 9.17) is 4.98 Å². The highest BCUT2D eigenvalue weighted by Gasteiger charge is 2.23. The Morgan fingerprint density at radius 1 is 1.06 bits per heavy atom. The molecular formula is C28H38N6O. The number of piperazine rings is 1. The Kier molecular flexibility index (Phi) is 7.44. The second-order valence-corrected chi connectivity index (χ2v) is 10.3. The molecule has 0 radical (unpaired) electrons. The highest BCUT2D eigenvalue weighted by Crippen LogP contribution is 2.31. The molecule has 0 amide bonds. The van der Waals surface area contributed by atoms with Gasteiger partial charge in [-0.05, 0) is 57.0 Å². The van der Waals surface area contributed by atoms with Crippen molar-refractivity contribution in [2.45, 2.75) is 51.5 Å². The molecule has 0 spiro atoms. The Labute approximate surface area is 208 Å². The van der Waals surface area contributed by atoms with Gasteiger partial charge in [-0.2, -0.15) is 4.98 Å². The zero-order valence-electron chi connectivity index (χ0n) is 21.2. The number of benzene rings is 1. The summed E-state index contributed by atoms with van der Waals surface area (Å²) in [6.07, 6.45) is 8.00. The van der Waals surface area contributed by atoms with Gasteiger partial charge in [0.1, 0.15) is 5.65 Å². The number of fused-ring (bicyclic) bond motifs is 1. The molecule has 7 heteroatoms. The molecule has 2 aliphatic rings. The molecule has 1 saturated carbocycles. The first-order chi connectivity index (χ1) is 17.1. The number of anilines is 1. The summed E-state index contributed by atoms with van der Waals surface area (Å²) < 4.78 is 1.98. The molecule has 5 rings (SSSR count). The van der Waals surface area contributed by atoms with Gasteiger partial charge in [0.25, 0.3) is 5.56 Å². The van der Waals surface area contributed by atoms with Crippen LogP contribution in [0.2, 0.25) is 0 Å². The van der Waals surface area contributed by atoms with Crippen molar-refractivity contribution in [1.82, 2.24) is 24.3 Å². The largest absolute Gasteiger partial charge is 0.354 e. The fourth-order valence-electron chi connectivity index (χ4n) is 5.48. The van der Waals surface area contributed by atoms with E-state index < -0.39 is 0 Å². The minimum absolute atomic E-state index is 0.104. The van der Waals surface area contributed by atoms with Crippen LogP contribution in [0, 0.1) is 6.92 Å². The zero-order valence-corrected chi connectivity index (χ0v) is 21.2. The van der Waals surface area contributed by atoms with Gasteiger partial charge in [0.05, 0.1) is 0 Å². The molecule has 3 heterocycles. The van der Waals surface area contributed by atoms with Crippen LogP contribution in [-0.2, 0) is 6.42 Å². The van der Waals surface area contributed by atoms with Gasteiger partial charge >= 0.3 is 0 Å². The van der Waals surface area contributed by atoms with Crippen LogP contribution in [0.15, 0.2) is 41.3 Å². The van der Waals surface area contributed by atoms with E-state index in [1.807, 2.05) is 29.0 Å². The molecule has 0 atom stereocenters. The quantitative estimate of drug-likeness (QED) is 0.500. The maximum Gasteiger partial charge on any atom is 0.256 e. The third kappa shape index (κ3) is 5.57. The van der Waals surface area contributed by atoms with Crippen LogP contribution in [-0.4, -0.2) is 70.7 Å². The normalized spacial score (nSPS) is 17.9. The van der Waals surface area contributed by atoms with E-state index in [1.165, 1.54) is 24.0 Å². The SMILES string of the molecule is Cc1ccccc1Cc1cc2cnc(NCCCN3CCN(C)CC3)nc2n(C2CCCC2)c1=O. The first-order valence-corrected chi connectivity index (χ1v) is 13.2. The molecule has 0 bridgehead atoms. The Morgan fingerprint density at radius 3 is 2.60 bits per heavy atom. The second kappa shape index (κ2) is 10.9. The number of pyridine rings is 1. The van der Waals surface area contributed by atoms with Crippen LogP contribution in [0.1, 0.15) is 54.8 Å². The van der Waals surface area contributed by atoms with Crippen molar-refractivity contribution in [3.05, 3.63) is 63.6 Å². The Morgan fingerprint density at radius 2 is 1.83 bits per heavy atom. The summed E-state index contributed by atoms with van der Waals surface area (Å²) >= 11 is 0. The Hall–Kier alpha value is -2.77. The van der Waals surface area contributed by atoms with Gasteiger partial charge in [-0.15, -0.1) is 0 Å². The second-order valence-electron chi connectivity index (χ2n) is 10.3. The van der Waals surface area contributed by atoms with Gasteiger partial charge in [-0.25, -0.2) is 4.98 Å². The monoisotopic (exact) mass is 474 g/mol. The summed E-state index contributed by atoms with van der Waals surface area (Å²) in [5.41, 5.74) is 4.11. The van der Waals surface area contributed by atoms with Crippen LogP contribution in [0.25, 0.3) is 11.0 Å². The number of hydrogen-bond acceptors (Lipinski definition) is 6.